The Balaban J connectivity index is 1.65. The molecule has 4 rings (SSSR count). The monoisotopic (exact) mass is 514 g/mol. The molecule has 0 amide bonds. The molecule has 4 aromatic rings. The molecule has 0 aliphatic heterocycles. The normalized spacial score (nSPS) is 11.2. The Bertz CT molecular complexity index is 1450. The van der Waals surface area contributed by atoms with Gasteiger partial charge in [0.05, 0.1) is 31.2 Å². The van der Waals surface area contributed by atoms with Crippen molar-refractivity contribution in [3.8, 4) is 28.8 Å². The Morgan fingerprint density at radius 2 is 1.75 bits per heavy atom. The van der Waals surface area contributed by atoms with E-state index in [1.54, 1.807) is 36.4 Å². The molecule has 0 unspecified atom stereocenters. The zero-order valence-corrected chi connectivity index (χ0v) is 20.1. The summed E-state index contributed by atoms with van der Waals surface area (Å²) < 4.78 is 46.2. The van der Waals surface area contributed by atoms with Crippen LogP contribution in [0.4, 0.5) is 17.3 Å². The molecule has 0 aliphatic rings. The van der Waals surface area contributed by atoms with Crippen LogP contribution in [0.3, 0.4) is 0 Å². The Kier molecular flexibility index (Phi) is 7.05. The van der Waals surface area contributed by atoms with Crippen LogP contribution in [0.5, 0.6) is 11.5 Å². The lowest BCUT2D eigenvalue weighted by molar-refractivity contribution is -0.384. The maximum atomic E-state index is 12.9. The van der Waals surface area contributed by atoms with Gasteiger partial charge in [0.2, 0.25) is 21.8 Å². The van der Waals surface area contributed by atoms with Gasteiger partial charge in [-0.15, -0.1) is 10.2 Å². The molecule has 0 saturated heterocycles. The zero-order chi connectivity index (χ0) is 25.7. The summed E-state index contributed by atoms with van der Waals surface area (Å²) in [5.41, 5.74) is 0.406. The number of nitro benzene ring substituents is 1. The predicted octanol–water partition coefficient (Wildman–Crippen LogP) is 3.31. The number of sulfonamides is 1. The van der Waals surface area contributed by atoms with Crippen molar-refractivity contribution in [2.45, 2.75) is 0 Å². The summed E-state index contributed by atoms with van der Waals surface area (Å²) in [5, 5.41) is 22.1. The van der Waals surface area contributed by atoms with E-state index in [2.05, 4.69) is 20.2 Å². The highest BCUT2D eigenvalue weighted by Crippen LogP contribution is 2.37. The van der Waals surface area contributed by atoms with Gasteiger partial charge < -0.3 is 19.2 Å². The van der Waals surface area contributed by atoms with Crippen LogP contribution in [0.1, 0.15) is 0 Å². The van der Waals surface area contributed by atoms with Crippen LogP contribution in [0.25, 0.3) is 17.3 Å². The lowest BCUT2D eigenvalue weighted by Gasteiger charge is -2.17. The van der Waals surface area contributed by atoms with Crippen LogP contribution >= 0.6 is 0 Å². The standard InChI is InChI=1S/C22H22N6O7S/c1-33-17-9-5-10-18(34-2)20(17)27-21(19-11-6-13-35-19)24-25-22(27)26-36(31,32)14-12-23-15-7-3-4-8-16(15)28(29)30/h3-11,13,23H,12,14H2,1-2H3,(H,25,26). The van der Waals surface area contributed by atoms with E-state index < -0.39 is 20.7 Å². The zero-order valence-electron chi connectivity index (χ0n) is 19.2. The molecule has 0 radical (unpaired) electrons. The van der Waals surface area contributed by atoms with E-state index in [1.165, 1.54) is 43.2 Å². The van der Waals surface area contributed by atoms with Gasteiger partial charge in [-0.3, -0.25) is 19.4 Å². The lowest BCUT2D eigenvalue weighted by Crippen LogP contribution is -2.24. The molecule has 2 aromatic heterocycles. The van der Waals surface area contributed by atoms with Crippen molar-refractivity contribution in [3.63, 3.8) is 0 Å². The molecule has 13 nitrogen and oxygen atoms in total. The van der Waals surface area contributed by atoms with Crippen molar-refractivity contribution in [1.82, 2.24) is 14.8 Å². The molecule has 14 heteroatoms. The number of ether oxygens (including phenoxy) is 2. The highest BCUT2D eigenvalue weighted by molar-refractivity contribution is 7.92. The maximum absolute atomic E-state index is 12.9. The number of furan rings is 1. The number of aromatic nitrogens is 3. The van der Waals surface area contributed by atoms with Crippen molar-refractivity contribution < 1.29 is 27.2 Å². The summed E-state index contributed by atoms with van der Waals surface area (Å²) in [4.78, 5) is 10.6. The second-order valence-electron chi connectivity index (χ2n) is 7.29. The second kappa shape index (κ2) is 10.4. The van der Waals surface area contributed by atoms with Crippen LogP contribution < -0.4 is 19.5 Å². The molecule has 36 heavy (non-hydrogen) atoms. The van der Waals surface area contributed by atoms with Crippen molar-refractivity contribution in [3.05, 3.63) is 71.0 Å². The third-order valence-corrected chi connectivity index (χ3v) is 6.30. The van der Waals surface area contributed by atoms with E-state index in [0.29, 0.717) is 22.9 Å². The Morgan fingerprint density at radius 3 is 2.39 bits per heavy atom. The first-order chi connectivity index (χ1) is 17.3. The van der Waals surface area contributed by atoms with Crippen molar-refractivity contribution in [2.24, 2.45) is 0 Å². The number of anilines is 2. The van der Waals surface area contributed by atoms with Crippen molar-refractivity contribution in [2.75, 3.05) is 36.6 Å². The van der Waals surface area contributed by atoms with Crippen LogP contribution in [0.2, 0.25) is 0 Å². The van der Waals surface area contributed by atoms with Gasteiger partial charge in [0.15, 0.2) is 5.76 Å². The third-order valence-electron chi connectivity index (χ3n) is 5.06. The van der Waals surface area contributed by atoms with E-state index in [4.69, 9.17) is 13.9 Å². The van der Waals surface area contributed by atoms with Crippen LogP contribution in [-0.2, 0) is 10.0 Å². The number of rotatable bonds is 11. The topological polar surface area (TPSA) is 164 Å². The first-order valence-electron chi connectivity index (χ1n) is 10.5. The van der Waals surface area contributed by atoms with Gasteiger partial charge in [0, 0.05) is 12.6 Å². The fourth-order valence-electron chi connectivity index (χ4n) is 3.47. The molecule has 2 heterocycles. The quantitative estimate of drug-likeness (QED) is 0.224. The Morgan fingerprint density at radius 1 is 1.03 bits per heavy atom. The molecule has 0 bridgehead atoms. The van der Waals surface area contributed by atoms with Gasteiger partial charge in [0.1, 0.15) is 22.9 Å². The molecule has 0 saturated carbocycles. The molecule has 0 aliphatic carbocycles. The summed E-state index contributed by atoms with van der Waals surface area (Å²) in [7, 11) is -1.05. The third kappa shape index (κ3) is 5.07. The first kappa shape index (κ1) is 24.5. The van der Waals surface area contributed by atoms with Gasteiger partial charge in [-0.25, -0.2) is 8.42 Å². The van der Waals surface area contributed by atoms with Gasteiger partial charge >= 0.3 is 0 Å². The van der Waals surface area contributed by atoms with E-state index in [0.717, 1.165) is 0 Å². The summed E-state index contributed by atoms with van der Waals surface area (Å²) in [6.45, 7) is -0.0999. The van der Waals surface area contributed by atoms with Gasteiger partial charge in [0.25, 0.3) is 5.69 Å². The molecule has 2 N–H and O–H groups in total. The summed E-state index contributed by atoms with van der Waals surface area (Å²) in [6, 6.07) is 14.3. The SMILES string of the molecule is COc1cccc(OC)c1-n1c(NS(=O)(=O)CCNc2ccccc2[N+](=O)[O-])nnc1-c1ccco1. The largest absolute Gasteiger partial charge is 0.494 e. The number of nitrogens with zero attached hydrogens (tertiary/aromatic N) is 4. The molecule has 0 spiro atoms. The molecular weight excluding hydrogens is 492 g/mol. The minimum absolute atomic E-state index is 0.0999. The highest BCUT2D eigenvalue weighted by Gasteiger charge is 2.26. The second-order valence-corrected chi connectivity index (χ2v) is 9.13. The average Bonchev–Trinajstić information content (AvgIpc) is 3.53. The fourth-order valence-corrected chi connectivity index (χ4v) is 4.36. The number of nitrogens with one attached hydrogen (secondary N) is 2. The van der Waals surface area contributed by atoms with Crippen LogP contribution in [-0.4, -0.2) is 54.6 Å². The van der Waals surface area contributed by atoms with E-state index in [9.17, 15) is 18.5 Å². The number of methoxy groups -OCH3 is 2. The number of nitro groups is 1. The molecule has 0 atom stereocenters. The average molecular weight is 515 g/mol. The van der Waals surface area contributed by atoms with Crippen LogP contribution in [0, 0.1) is 10.1 Å². The lowest BCUT2D eigenvalue weighted by atomic mass is 10.2. The van der Waals surface area contributed by atoms with Gasteiger partial charge in [-0.05, 0) is 30.3 Å². The number of hydrogen-bond donors (Lipinski definition) is 2. The van der Waals surface area contributed by atoms with E-state index >= 15 is 0 Å². The van der Waals surface area contributed by atoms with Gasteiger partial charge in [-0.1, -0.05) is 18.2 Å². The summed E-state index contributed by atoms with van der Waals surface area (Å²) in [5.74, 6) is 0.749. The number of para-hydroxylation sites is 3. The van der Waals surface area contributed by atoms with Crippen LogP contribution in [0.15, 0.2) is 65.3 Å². The fraction of sp³-hybridized carbons (Fsp3) is 0.182. The maximum Gasteiger partial charge on any atom is 0.292 e. The number of benzene rings is 2. The van der Waals surface area contributed by atoms with E-state index in [1.807, 2.05) is 0 Å². The molecule has 188 valence electrons. The molecular formula is C22H22N6O7S. The minimum atomic E-state index is -3.98. The Labute approximate surface area is 205 Å². The van der Waals surface area contributed by atoms with E-state index in [-0.39, 0.29) is 29.7 Å². The smallest absolute Gasteiger partial charge is 0.292 e. The summed E-state index contributed by atoms with van der Waals surface area (Å²) in [6.07, 6.45) is 1.45. The minimum Gasteiger partial charge on any atom is -0.494 e. The predicted molar refractivity (Wildman–Crippen MR) is 131 cm³/mol. The molecule has 0 fully saturated rings. The first-order valence-corrected chi connectivity index (χ1v) is 12.2. The highest BCUT2D eigenvalue weighted by atomic mass is 32.2. The molecule has 2 aromatic carbocycles. The summed E-state index contributed by atoms with van der Waals surface area (Å²) >= 11 is 0. The van der Waals surface area contributed by atoms with Crippen molar-refractivity contribution in [1.29, 1.82) is 0 Å². The number of hydrogen-bond acceptors (Lipinski definition) is 10. The Hall–Kier alpha value is -4.59. The van der Waals surface area contributed by atoms with Gasteiger partial charge in [-0.2, -0.15) is 0 Å². The van der Waals surface area contributed by atoms with Crippen molar-refractivity contribution >= 4 is 27.3 Å².